The predicted molar refractivity (Wildman–Crippen MR) is 90.6 cm³/mol. The molecule has 1 fully saturated rings. The van der Waals surface area contributed by atoms with E-state index in [-0.39, 0.29) is 5.91 Å². The minimum absolute atomic E-state index is 0.0340. The molecule has 6 heteroatoms. The van der Waals surface area contributed by atoms with Crippen molar-refractivity contribution in [2.75, 3.05) is 33.2 Å². The number of likely N-dealkylation sites (N-methyl/N-ethyl adjacent to an activating group) is 1. The van der Waals surface area contributed by atoms with Crippen LogP contribution in [-0.2, 0) is 0 Å². The van der Waals surface area contributed by atoms with Gasteiger partial charge < -0.3 is 9.80 Å². The van der Waals surface area contributed by atoms with Crippen molar-refractivity contribution < 1.29 is 4.79 Å². The minimum atomic E-state index is 0.0340. The Morgan fingerprint density at radius 3 is 2.73 bits per heavy atom. The van der Waals surface area contributed by atoms with Crippen LogP contribution in [0.5, 0.6) is 0 Å². The molecule has 1 aromatic carbocycles. The maximum absolute atomic E-state index is 12.6. The van der Waals surface area contributed by atoms with E-state index in [1.165, 1.54) is 11.3 Å². The average Bonchev–Trinajstić information content (AvgIpc) is 2.90. The topological polar surface area (TPSA) is 36.4 Å². The van der Waals surface area contributed by atoms with Crippen LogP contribution >= 0.6 is 22.9 Å². The number of hydrogen-bond acceptors (Lipinski definition) is 4. The van der Waals surface area contributed by atoms with Gasteiger partial charge in [-0.3, -0.25) is 4.79 Å². The van der Waals surface area contributed by atoms with Gasteiger partial charge in [0.15, 0.2) is 0 Å². The lowest BCUT2D eigenvalue weighted by Crippen LogP contribution is -2.34. The fourth-order valence-electron chi connectivity index (χ4n) is 2.51. The Balaban J connectivity index is 1.75. The lowest BCUT2D eigenvalue weighted by molar-refractivity contribution is 0.0758. The van der Waals surface area contributed by atoms with Crippen molar-refractivity contribution in [3.8, 4) is 10.6 Å². The molecule has 0 N–H and O–H groups in total. The molecule has 1 amide bonds. The molecule has 2 aromatic rings. The number of carbonyl (C=O) groups is 1. The van der Waals surface area contributed by atoms with Crippen LogP contribution in [0.4, 0.5) is 0 Å². The summed E-state index contributed by atoms with van der Waals surface area (Å²) in [7, 11) is 2.09. The molecule has 116 valence electrons. The van der Waals surface area contributed by atoms with E-state index in [4.69, 9.17) is 11.6 Å². The molecule has 4 nitrogen and oxygen atoms in total. The van der Waals surface area contributed by atoms with Crippen LogP contribution in [0, 0.1) is 0 Å². The summed E-state index contributed by atoms with van der Waals surface area (Å²) in [5.74, 6) is 0.0340. The van der Waals surface area contributed by atoms with Crippen LogP contribution in [0.15, 0.2) is 29.6 Å². The van der Waals surface area contributed by atoms with Crippen LogP contribution in [0.1, 0.15) is 16.9 Å². The second kappa shape index (κ2) is 6.77. The van der Waals surface area contributed by atoms with Gasteiger partial charge in [-0.15, -0.1) is 11.3 Å². The van der Waals surface area contributed by atoms with Gasteiger partial charge in [-0.1, -0.05) is 23.7 Å². The summed E-state index contributed by atoms with van der Waals surface area (Å²) in [5.41, 5.74) is 1.53. The Bertz CT molecular complexity index is 656. The molecule has 0 spiro atoms. The Labute approximate surface area is 139 Å². The summed E-state index contributed by atoms with van der Waals surface area (Å²) in [6.07, 6.45) is 1.01. The minimum Gasteiger partial charge on any atom is -0.336 e. The van der Waals surface area contributed by atoms with Crippen LogP contribution in [0.25, 0.3) is 10.6 Å². The van der Waals surface area contributed by atoms with Gasteiger partial charge in [-0.05, 0) is 32.1 Å². The molecular formula is C16H18ClN3OS. The van der Waals surface area contributed by atoms with E-state index in [1.54, 1.807) is 0 Å². The van der Waals surface area contributed by atoms with Gasteiger partial charge in [0.1, 0.15) is 10.7 Å². The van der Waals surface area contributed by atoms with E-state index < -0.39 is 0 Å². The van der Waals surface area contributed by atoms with E-state index in [2.05, 4.69) is 16.9 Å². The van der Waals surface area contributed by atoms with Gasteiger partial charge in [0.05, 0.1) is 0 Å². The van der Waals surface area contributed by atoms with Gasteiger partial charge in [-0.2, -0.15) is 0 Å². The Kier molecular flexibility index (Phi) is 4.76. The number of thiazole rings is 1. The first-order valence-electron chi connectivity index (χ1n) is 7.33. The summed E-state index contributed by atoms with van der Waals surface area (Å²) in [4.78, 5) is 21.3. The maximum atomic E-state index is 12.6. The summed E-state index contributed by atoms with van der Waals surface area (Å²) < 4.78 is 0. The highest BCUT2D eigenvalue weighted by atomic mass is 35.5. The Morgan fingerprint density at radius 2 is 1.95 bits per heavy atom. The number of carbonyl (C=O) groups excluding carboxylic acids is 1. The van der Waals surface area contributed by atoms with Crippen molar-refractivity contribution in [3.63, 3.8) is 0 Å². The number of aromatic nitrogens is 1. The van der Waals surface area contributed by atoms with Gasteiger partial charge in [0.25, 0.3) is 5.91 Å². The lowest BCUT2D eigenvalue weighted by Gasteiger charge is -2.19. The van der Waals surface area contributed by atoms with E-state index >= 15 is 0 Å². The molecule has 1 saturated heterocycles. The van der Waals surface area contributed by atoms with Gasteiger partial charge in [0, 0.05) is 35.6 Å². The lowest BCUT2D eigenvalue weighted by atomic mass is 10.2. The van der Waals surface area contributed by atoms with Crippen molar-refractivity contribution in [1.82, 2.24) is 14.8 Å². The number of hydrogen-bond donors (Lipinski definition) is 0. The number of amides is 1. The molecule has 0 radical (unpaired) electrons. The fourth-order valence-corrected chi connectivity index (χ4v) is 3.43. The molecular weight excluding hydrogens is 318 g/mol. The molecule has 1 aliphatic rings. The maximum Gasteiger partial charge on any atom is 0.273 e. The summed E-state index contributed by atoms with van der Waals surface area (Å²) in [6.45, 7) is 3.52. The van der Waals surface area contributed by atoms with Crippen LogP contribution in [-0.4, -0.2) is 53.9 Å². The first-order chi connectivity index (χ1) is 10.6. The monoisotopic (exact) mass is 335 g/mol. The zero-order valence-electron chi connectivity index (χ0n) is 12.5. The third-order valence-corrected chi connectivity index (χ3v) is 4.96. The zero-order valence-corrected chi connectivity index (χ0v) is 14.0. The first kappa shape index (κ1) is 15.5. The van der Waals surface area contributed by atoms with Crippen LogP contribution < -0.4 is 0 Å². The zero-order chi connectivity index (χ0) is 15.5. The molecule has 0 atom stereocenters. The molecule has 22 heavy (non-hydrogen) atoms. The molecule has 0 saturated carbocycles. The second-order valence-electron chi connectivity index (χ2n) is 5.49. The average molecular weight is 336 g/mol. The summed E-state index contributed by atoms with van der Waals surface area (Å²) >= 11 is 7.40. The number of benzene rings is 1. The third kappa shape index (κ3) is 3.48. The van der Waals surface area contributed by atoms with E-state index in [9.17, 15) is 4.79 Å². The van der Waals surface area contributed by atoms with E-state index in [0.29, 0.717) is 10.7 Å². The normalized spacial score (nSPS) is 16.5. The fraction of sp³-hybridized carbons (Fsp3) is 0.375. The molecule has 1 aliphatic heterocycles. The quantitative estimate of drug-likeness (QED) is 0.845. The highest BCUT2D eigenvalue weighted by Gasteiger charge is 2.21. The molecule has 0 unspecified atom stereocenters. The van der Waals surface area contributed by atoms with Gasteiger partial charge in [-0.25, -0.2) is 4.98 Å². The molecule has 1 aromatic heterocycles. The Hall–Kier alpha value is -1.43. The SMILES string of the molecule is CN1CCCN(C(=O)c2csc(-c3ccc(Cl)cc3)n2)CC1. The molecule has 2 heterocycles. The van der Waals surface area contributed by atoms with Crippen molar-refractivity contribution >= 4 is 28.8 Å². The van der Waals surface area contributed by atoms with Gasteiger partial charge >= 0.3 is 0 Å². The van der Waals surface area contributed by atoms with Crippen LogP contribution in [0.3, 0.4) is 0 Å². The van der Waals surface area contributed by atoms with Crippen molar-refractivity contribution in [1.29, 1.82) is 0 Å². The Morgan fingerprint density at radius 1 is 1.18 bits per heavy atom. The smallest absolute Gasteiger partial charge is 0.273 e. The number of nitrogens with zero attached hydrogens (tertiary/aromatic N) is 3. The van der Waals surface area contributed by atoms with Crippen molar-refractivity contribution in [3.05, 3.63) is 40.4 Å². The summed E-state index contributed by atoms with van der Waals surface area (Å²) in [5, 5.41) is 3.40. The van der Waals surface area contributed by atoms with Crippen LogP contribution in [0.2, 0.25) is 5.02 Å². The molecule has 0 bridgehead atoms. The largest absolute Gasteiger partial charge is 0.336 e. The van der Waals surface area contributed by atoms with E-state index in [0.717, 1.165) is 43.2 Å². The highest BCUT2D eigenvalue weighted by molar-refractivity contribution is 7.13. The number of halogens is 1. The van der Waals surface area contributed by atoms with Gasteiger partial charge in [0.2, 0.25) is 0 Å². The van der Waals surface area contributed by atoms with Crippen molar-refractivity contribution in [2.45, 2.75) is 6.42 Å². The molecule has 3 rings (SSSR count). The standard InChI is InChI=1S/C16H18ClN3OS/c1-19-7-2-8-20(10-9-19)16(21)14-11-22-15(18-14)12-3-5-13(17)6-4-12/h3-6,11H,2,7-10H2,1H3. The number of rotatable bonds is 2. The summed E-state index contributed by atoms with van der Waals surface area (Å²) in [6, 6.07) is 7.53. The third-order valence-electron chi connectivity index (χ3n) is 3.82. The van der Waals surface area contributed by atoms with Crippen molar-refractivity contribution in [2.24, 2.45) is 0 Å². The highest BCUT2D eigenvalue weighted by Crippen LogP contribution is 2.25. The second-order valence-corrected chi connectivity index (χ2v) is 6.79. The van der Waals surface area contributed by atoms with E-state index in [1.807, 2.05) is 34.5 Å². The predicted octanol–water partition coefficient (Wildman–Crippen LogP) is 3.24. The molecule has 0 aliphatic carbocycles. The first-order valence-corrected chi connectivity index (χ1v) is 8.58.